The Morgan fingerprint density at radius 1 is 1.21 bits per heavy atom. The van der Waals surface area contributed by atoms with Crippen molar-refractivity contribution in [2.45, 2.75) is 0 Å². The molecule has 1 amide bonds. The van der Waals surface area contributed by atoms with E-state index in [2.05, 4.69) is 40.8 Å². The molecule has 3 heterocycles. The number of hydrazone groups is 1. The van der Waals surface area contributed by atoms with Crippen LogP contribution in [0.1, 0.15) is 16.1 Å². The highest BCUT2D eigenvalue weighted by Crippen LogP contribution is 2.28. The van der Waals surface area contributed by atoms with Crippen LogP contribution in [-0.4, -0.2) is 47.3 Å². The Balaban J connectivity index is 1.49. The molecule has 0 bridgehead atoms. The molecular formula is C20H14N10O4. The standard InChI is InChI=1S/C20H14N10O4/c21-18-19(27-34-26-18)29-17(11-5-7-13(8-6-11)30(32)33)16(24-28-29)20(31)25-23-10-12-9-22-15-4-2-1-3-14(12)15/h1-10,22H,(H2,21,26)(H,25,31)/b23-10-. The minimum absolute atomic E-state index is 0.00203. The third-order valence-electron chi connectivity index (χ3n) is 4.92. The van der Waals surface area contributed by atoms with Gasteiger partial charge in [-0.3, -0.25) is 14.9 Å². The number of fused-ring (bicyclic) bond motifs is 1. The second-order valence-corrected chi connectivity index (χ2v) is 6.96. The van der Waals surface area contributed by atoms with Crippen LogP contribution < -0.4 is 11.2 Å². The van der Waals surface area contributed by atoms with Gasteiger partial charge in [0.15, 0.2) is 5.69 Å². The van der Waals surface area contributed by atoms with Gasteiger partial charge in [0.05, 0.1) is 11.1 Å². The summed E-state index contributed by atoms with van der Waals surface area (Å²) in [6.07, 6.45) is 3.26. The molecule has 2 aromatic carbocycles. The maximum atomic E-state index is 12.9. The zero-order valence-electron chi connectivity index (χ0n) is 17.1. The second kappa shape index (κ2) is 8.27. The maximum Gasteiger partial charge on any atom is 0.294 e. The van der Waals surface area contributed by atoms with E-state index in [0.717, 1.165) is 21.1 Å². The molecule has 0 atom stereocenters. The number of rotatable bonds is 6. The van der Waals surface area contributed by atoms with Crippen LogP contribution in [0.25, 0.3) is 28.0 Å². The van der Waals surface area contributed by atoms with Crippen LogP contribution in [0.4, 0.5) is 11.5 Å². The number of anilines is 1. The Labute approximate surface area is 189 Å². The summed E-state index contributed by atoms with van der Waals surface area (Å²) in [5.74, 6) is -0.759. The molecule has 0 unspecified atom stereocenters. The number of nitrogen functional groups attached to an aromatic ring is 1. The summed E-state index contributed by atoms with van der Waals surface area (Å²) in [5.41, 5.74) is 10.2. The highest BCUT2D eigenvalue weighted by molar-refractivity contribution is 6.01. The molecule has 14 heteroatoms. The predicted octanol–water partition coefficient (Wildman–Crippen LogP) is 2.05. The first-order valence-electron chi connectivity index (χ1n) is 9.71. The SMILES string of the molecule is Nc1nonc1-n1nnc(C(=O)N/N=C\c2c[nH]c3ccccc23)c1-c1ccc([N+](=O)[O-])cc1. The number of carbonyl (C=O) groups excluding carboxylic acids is 1. The molecule has 0 fully saturated rings. The molecule has 0 radical (unpaired) electrons. The molecule has 5 aromatic rings. The molecule has 168 valence electrons. The lowest BCUT2D eigenvalue weighted by molar-refractivity contribution is -0.384. The molecule has 0 saturated heterocycles. The molecule has 3 aromatic heterocycles. The Kier molecular flexibility index (Phi) is 4.99. The van der Waals surface area contributed by atoms with E-state index in [9.17, 15) is 14.9 Å². The van der Waals surface area contributed by atoms with Gasteiger partial charge in [0.1, 0.15) is 5.69 Å². The Bertz CT molecular complexity index is 1550. The summed E-state index contributed by atoms with van der Waals surface area (Å²) in [5, 5.41) is 31.1. The number of non-ortho nitro benzene ring substituents is 1. The second-order valence-electron chi connectivity index (χ2n) is 6.96. The minimum Gasteiger partial charge on any atom is -0.378 e. The van der Waals surface area contributed by atoms with Gasteiger partial charge in [-0.2, -0.15) is 9.78 Å². The number of carbonyl (C=O) groups is 1. The zero-order valence-corrected chi connectivity index (χ0v) is 17.1. The average Bonchev–Trinajstić information content (AvgIpc) is 3.57. The van der Waals surface area contributed by atoms with E-state index in [4.69, 9.17) is 5.73 Å². The number of H-pyrrole nitrogens is 1. The summed E-state index contributed by atoms with van der Waals surface area (Å²) >= 11 is 0. The van der Waals surface area contributed by atoms with Crippen LogP contribution in [0.2, 0.25) is 0 Å². The monoisotopic (exact) mass is 458 g/mol. The fourth-order valence-electron chi connectivity index (χ4n) is 3.34. The van der Waals surface area contributed by atoms with Crippen molar-refractivity contribution in [3.63, 3.8) is 0 Å². The van der Waals surface area contributed by atoms with Gasteiger partial charge in [0.25, 0.3) is 11.6 Å². The number of aromatic nitrogens is 6. The van der Waals surface area contributed by atoms with E-state index in [1.807, 2.05) is 24.3 Å². The fraction of sp³-hybridized carbons (Fsp3) is 0. The van der Waals surface area contributed by atoms with Crippen LogP contribution in [0, 0.1) is 10.1 Å². The number of para-hydroxylation sites is 1. The molecular weight excluding hydrogens is 444 g/mol. The predicted molar refractivity (Wildman–Crippen MR) is 119 cm³/mol. The lowest BCUT2D eigenvalue weighted by atomic mass is 10.1. The number of hydrogen-bond acceptors (Lipinski definition) is 10. The number of nitrogens with zero attached hydrogens (tertiary/aromatic N) is 7. The van der Waals surface area contributed by atoms with Crippen molar-refractivity contribution in [1.29, 1.82) is 0 Å². The number of nitro benzene ring substituents is 1. The van der Waals surface area contributed by atoms with Crippen molar-refractivity contribution < 1.29 is 14.3 Å². The van der Waals surface area contributed by atoms with Crippen LogP contribution in [-0.2, 0) is 0 Å². The maximum absolute atomic E-state index is 12.9. The summed E-state index contributed by atoms with van der Waals surface area (Å²) in [6.45, 7) is 0. The average molecular weight is 458 g/mol. The molecule has 14 nitrogen and oxygen atoms in total. The first kappa shape index (κ1) is 20.5. The van der Waals surface area contributed by atoms with Gasteiger partial charge in [0.2, 0.25) is 11.6 Å². The largest absolute Gasteiger partial charge is 0.378 e. The quantitative estimate of drug-likeness (QED) is 0.194. The first-order chi connectivity index (χ1) is 16.5. The van der Waals surface area contributed by atoms with Gasteiger partial charge in [-0.15, -0.1) is 5.10 Å². The number of hydrogen-bond donors (Lipinski definition) is 3. The van der Waals surface area contributed by atoms with Gasteiger partial charge in [-0.05, 0) is 28.5 Å². The molecule has 0 aliphatic carbocycles. The van der Waals surface area contributed by atoms with Gasteiger partial charge in [-0.1, -0.05) is 23.4 Å². The van der Waals surface area contributed by atoms with Crippen LogP contribution in [0.15, 0.2) is 64.5 Å². The van der Waals surface area contributed by atoms with Crippen molar-refractivity contribution in [3.05, 3.63) is 76.1 Å². The Morgan fingerprint density at radius 2 is 2.00 bits per heavy atom. The van der Waals surface area contributed by atoms with Crippen LogP contribution in [0.5, 0.6) is 0 Å². The Morgan fingerprint density at radius 3 is 2.74 bits per heavy atom. The number of nitrogens with two attached hydrogens (primary N) is 1. The molecule has 0 spiro atoms. The van der Waals surface area contributed by atoms with E-state index in [-0.39, 0.29) is 28.7 Å². The highest BCUT2D eigenvalue weighted by atomic mass is 16.6. The van der Waals surface area contributed by atoms with Crippen molar-refractivity contribution >= 4 is 34.5 Å². The lowest BCUT2D eigenvalue weighted by Crippen LogP contribution is -2.19. The third kappa shape index (κ3) is 3.60. The molecule has 4 N–H and O–H groups in total. The molecule has 0 aliphatic heterocycles. The van der Waals surface area contributed by atoms with E-state index in [1.54, 1.807) is 6.20 Å². The third-order valence-corrected chi connectivity index (χ3v) is 4.92. The van der Waals surface area contributed by atoms with Gasteiger partial charge in [-0.25, -0.2) is 10.1 Å². The number of nitro groups is 1. The molecule has 5 rings (SSSR count). The van der Waals surface area contributed by atoms with Gasteiger partial charge in [0, 0.05) is 40.4 Å². The fourth-order valence-corrected chi connectivity index (χ4v) is 3.34. The van der Waals surface area contributed by atoms with E-state index in [1.165, 1.54) is 30.5 Å². The number of nitrogens with one attached hydrogen (secondary N) is 2. The topological polar surface area (TPSA) is 196 Å². The lowest BCUT2D eigenvalue weighted by Gasteiger charge is -2.05. The molecule has 34 heavy (non-hydrogen) atoms. The van der Waals surface area contributed by atoms with E-state index < -0.39 is 10.8 Å². The van der Waals surface area contributed by atoms with E-state index in [0.29, 0.717) is 5.56 Å². The summed E-state index contributed by atoms with van der Waals surface area (Å²) in [4.78, 5) is 26.5. The van der Waals surface area contributed by atoms with Crippen molar-refractivity contribution in [1.82, 2.24) is 35.7 Å². The first-order valence-corrected chi connectivity index (χ1v) is 9.71. The highest BCUT2D eigenvalue weighted by Gasteiger charge is 2.25. The zero-order chi connectivity index (χ0) is 23.7. The number of amides is 1. The Hall–Kier alpha value is -5.40. The summed E-state index contributed by atoms with van der Waals surface area (Å²) in [7, 11) is 0. The number of benzene rings is 2. The summed E-state index contributed by atoms with van der Waals surface area (Å²) in [6, 6.07) is 13.1. The van der Waals surface area contributed by atoms with E-state index >= 15 is 0 Å². The summed E-state index contributed by atoms with van der Waals surface area (Å²) < 4.78 is 5.78. The van der Waals surface area contributed by atoms with Crippen molar-refractivity contribution in [2.75, 3.05) is 5.73 Å². The number of aromatic amines is 1. The van der Waals surface area contributed by atoms with Gasteiger partial charge < -0.3 is 10.7 Å². The van der Waals surface area contributed by atoms with Crippen LogP contribution >= 0.6 is 0 Å². The van der Waals surface area contributed by atoms with Crippen molar-refractivity contribution in [3.8, 4) is 17.1 Å². The van der Waals surface area contributed by atoms with Gasteiger partial charge >= 0.3 is 0 Å². The minimum atomic E-state index is -0.675. The normalized spacial score (nSPS) is 11.3. The molecule has 0 saturated carbocycles. The van der Waals surface area contributed by atoms with Crippen LogP contribution in [0.3, 0.4) is 0 Å². The smallest absolute Gasteiger partial charge is 0.294 e. The molecule has 0 aliphatic rings. The van der Waals surface area contributed by atoms with Crippen molar-refractivity contribution in [2.24, 2.45) is 5.10 Å².